The van der Waals surface area contributed by atoms with Crippen molar-refractivity contribution >= 4 is 43.7 Å². The Labute approximate surface area is 207 Å². The number of nitrogens with zero attached hydrogens (tertiary/aromatic N) is 3. The van der Waals surface area contributed by atoms with Crippen LogP contribution in [-0.2, 0) is 16.6 Å². The molecule has 35 heavy (non-hydrogen) atoms. The normalized spacial score (nSPS) is 15.7. The first-order valence-electron chi connectivity index (χ1n) is 11.5. The predicted molar refractivity (Wildman–Crippen MR) is 136 cm³/mol. The number of benzene rings is 2. The molecule has 9 nitrogen and oxygen atoms in total. The molecule has 0 unspecified atom stereocenters. The number of piperazine rings is 1. The van der Waals surface area contributed by atoms with Crippen LogP contribution in [-0.4, -0.2) is 71.1 Å². The third kappa shape index (κ3) is 5.67. The molecule has 0 amide bonds. The first-order valence-corrected chi connectivity index (χ1v) is 13.4. The van der Waals surface area contributed by atoms with Gasteiger partial charge in [-0.05, 0) is 48.4 Å². The second kappa shape index (κ2) is 9.98. The Bertz CT molecular complexity index is 1490. The summed E-state index contributed by atoms with van der Waals surface area (Å²) in [5.41, 5.74) is 2.73. The number of nitrogens with one attached hydrogen (secondary N) is 2. The Kier molecular flexibility index (Phi) is 6.79. The highest BCUT2D eigenvalue weighted by Crippen LogP contribution is 2.22. The number of imidazole rings is 1. The Morgan fingerprint density at radius 1 is 1.00 bits per heavy atom. The molecule has 1 aliphatic rings. The summed E-state index contributed by atoms with van der Waals surface area (Å²) >= 11 is 5.94. The lowest BCUT2D eigenvalue weighted by molar-refractivity contribution is 0.181. The Hall–Kier alpha value is -2.92. The van der Waals surface area contributed by atoms with Gasteiger partial charge in [0.15, 0.2) is 5.65 Å². The van der Waals surface area contributed by atoms with E-state index in [-0.39, 0.29) is 18.0 Å². The number of H-pyrrole nitrogens is 2. The summed E-state index contributed by atoms with van der Waals surface area (Å²) in [5.74, 6) is 0.676. The van der Waals surface area contributed by atoms with Crippen LogP contribution in [0.15, 0.2) is 53.3 Å². The van der Waals surface area contributed by atoms with Crippen molar-refractivity contribution in [1.29, 1.82) is 0 Å². The van der Waals surface area contributed by atoms with E-state index in [0.717, 1.165) is 23.0 Å². The third-order valence-electron chi connectivity index (χ3n) is 6.13. The Morgan fingerprint density at radius 2 is 1.77 bits per heavy atom. The molecular formula is C24H26ClN5O4S. The fourth-order valence-electron chi connectivity index (χ4n) is 4.27. The van der Waals surface area contributed by atoms with Gasteiger partial charge in [0.1, 0.15) is 5.75 Å². The third-order valence-corrected chi connectivity index (χ3v) is 8.33. The largest absolute Gasteiger partial charge is 0.494 e. The lowest BCUT2D eigenvalue weighted by Gasteiger charge is -2.34. The average Bonchev–Trinajstić information content (AvgIpc) is 3.21. The SMILES string of the molecule is O=c1[nH]c2cc3cc(OCCCS(=O)(=O)N4CCN(Cc5ccc(Cl)cc5)CC4)ccc3nc2[nH]1. The van der Waals surface area contributed by atoms with Crippen molar-refractivity contribution in [2.45, 2.75) is 13.0 Å². The van der Waals surface area contributed by atoms with Gasteiger partial charge in [-0.15, -0.1) is 0 Å². The van der Waals surface area contributed by atoms with Gasteiger partial charge < -0.3 is 9.72 Å². The van der Waals surface area contributed by atoms with E-state index in [9.17, 15) is 13.2 Å². The van der Waals surface area contributed by atoms with Crippen LogP contribution in [0.1, 0.15) is 12.0 Å². The predicted octanol–water partition coefficient (Wildman–Crippen LogP) is 2.97. The summed E-state index contributed by atoms with van der Waals surface area (Å²) in [5, 5.41) is 1.54. The quantitative estimate of drug-likeness (QED) is 0.349. The molecule has 1 fully saturated rings. The maximum Gasteiger partial charge on any atom is 0.325 e. The van der Waals surface area contributed by atoms with E-state index < -0.39 is 10.0 Å². The molecule has 184 valence electrons. The monoisotopic (exact) mass is 515 g/mol. The number of fused-ring (bicyclic) bond motifs is 2. The molecule has 4 aromatic rings. The molecule has 1 aliphatic heterocycles. The van der Waals surface area contributed by atoms with Crippen LogP contribution in [0.2, 0.25) is 5.02 Å². The number of aromatic nitrogens is 3. The molecule has 2 aromatic carbocycles. The zero-order chi connectivity index (χ0) is 24.4. The zero-order valence-corrected chi connectivity index (χ0v) is 20.6. The fourth-order valence-corrected chi connectivity index (χ4v) is 5.86. The summed E-state index contributed by atoms with van der Waals surface area (Å²) in [6, 6.07) is 15.0. The Morgan fingerprint density at radius 3 is 2.54 bits per heavy atom. The van der Waals surface area contributed by atoms with Crippen LogP contribution in [0.25, 0.3) is 22.1 Å². The van der Waals surface area contributed by atoms with E-state index >= 15 is 0 Å². The van der Waals surface area contributed by atoms with Crippen LogP contribution in [0.3, 0.4) is 0 Å². The number of ether oxygens (including phenoxy) is 1. The molecule has 0 aliphatic carbocycles. The second-order valence-corrected chi connectivity index (χ2v) is 11.2. The molecule has 3 heterocycles. The number of hydrogen-bond donors (Lipinski definition) is 2. The maximum absolute atomic E-state index is 12.8. The average molecular weight is 516 g/mol. The molecule has 11 heteroatoms. The minimum Gasteiger partial charge on any atom is -0.494 e. The summed E-state index contributed by atoms with van der Waals surface area (Å²) in [7, 11) is -3.33. The van der Waals surface area contributed by atoms with Crippen molar-refractivity contribution in [3.05, 3.63) is 69.6 Å². The van der Waals surface area contributed by atoms with E-state index in [1.54, 1.807) is 10.4 Å². The van der Waals surface area contributed by atoms with E-state index in [1.807, 2.05) is 42.5 Å². The molecule has 0 spiro atoms. The molecule has 0 bridgehead atoms. The van der Waals surface area contributed by atoms with Gasteiger partial charge in [-0.25, -0.2) is 18.2 Å². The van der Waals surface area contributed by atoms with Crippen LogP contribution >= 0.6 is 11.6 Å². The molecule has 0 saturated carbocycles. The first-order chi connectivity index (χ1) is 16.9. The summed E-state index contributed by atoms with van der Waals surface area (Å²) in [6.45, 7) is 3.45. The van der Waals surface area contributed by atoms with Gasteiger partial charge in [-0.2, -0.15) is 4.31 Å². The lowest BCUT2D eigenvalue weighted by atomic mass is 10.2. The number of sulfonamides is 1. The molecule has 0 radical (unpaired) electrons. The van der Waals surface area contributed by atoms with Gasteiger partial charge in [-0.3, -0.25) is 9.88 Å². The van der Waals surface area contributed by atoms with Gasteiger partial charge in [-0.1, -0.05) is 23.7 Å². The molecule has 2 N–H and O–H groups in total. The standard InChI is InChI=1S/C24H26ClN5O4S/c25-19-4-2-17(3-5-19)16-29-8-10-30(11-9-29)35(32,33)13-1-12-34-20-6-7-21-18(14-20)15-22-23(26-21)28-24(31)27-22/h2-7,14-15H,1,8-13,16H2,(H2,26,27,28,31). The molecule has 1 saturated heterocycles. The maximum atomic E-state index is 12.8. The van der Waals surface area contributed by atoms with Gasteiger partial charge in [0, 0.05) is 43.1 Å². The van der Waals surface area contributed by atoms with Gasteiger partial charge in [0.05, 0.1) is 23.4 Å². The summed E-state index contributed by atoms with van der Waals surface area (Å²) in [4.78, 5) is 23.5. The van der Waals surface area contributed by atoms with Crippen molar-refractivity contribution < 1.29 is 13.2 Å². The van der Waals surface area contributed by atoms with Crippen LogP contribution in [0.5, 0.6) is 5.75 Å². The highest BCUT2D eigenvalue weighted by Gasteiger charge is 2.26. The van der Waals surface area contributed by atoms with Crippen molar-refractivity contribution in [3.63, 3.8) is 0 Å². The highest BCUT2D eigenvalue weighted by molar-refractivity contribution is 7.89. The number of rotatable bonds is 8. The summed E-state index contributed by atoms with van der Waals surface area (Å²) < 4.78 is 33.0. The minimum absolute atomic E-state index is 0.0462. The number of halogens is 1. The molecule has 2 aromatic heterocycles. The lowest BCUT2D eigenvalue weighted by Crippen LogP contribution is -2.48. The molecular weight excluding hydrogens is 490 g/mol. The van der Waals surface area contributed by atoms with Gasteiger partial charge >= 0.3 is 5.69 Å². The van der Waals surface area contributed by atoms with E-state index in [1.165, 1.54) is 0 Å². The van der Waals surface area contributed by atoms with Crippen LogP contribution in [0, 0.1) is 0 Å². The topological polar surface area (TPSA) is 111 Å². The Balaban J connectivity index is 1.10. The van der Waals surface area contributed by atoms with Crippen LogP contribution in [0.4, 0.5) is 0 Å². The van der Waals surface area contributed by atoms with E-state index in [2.05, 4.69) is 19.9 Å². The highest BCUT2D eigenvalue weighted by atomic mass is 35.5. The number of hydrogen-bond acceptors (Lipinski definition) is 6. The first kappa shape index (κ1) is 23.8. The van der Waals surface area contributed by atoms with E-state index in [4.69, 9.17) is 16.3 Å². The fraction of sp³-hybridized carbons (Fsp3) is 0.333. The van der Waals surface area contributed by atoms with E-state index in [0.29, 0.717) is 54.5 Å². The van der Waals surface area contributed by atoms with Crippen molar-refractivity contribution in [2.75, 3.05) is 38.5 Å². The summed E-state index contributed by atoms with van der Waals surface area (Å²) in [6.07, 6.45) is 0.397. The number of pyridine rings is 1. The minimum atomic E-state index is -3.33. The molecule has 0 atom stereocenters. The van der Waals surface area contributed by atoms with Crippen molar-refractivity contribution in [1.82, 2.24) is 24.2 Å². The van der Waals surface area contributed by atoms with Gasteiger partial charge in [0.25, 0.3) is 0 Å². The van der Waals surface area contributed by atoms with Crippen LogP contribution < -0.4 is 10.4 Å². The van der Waals surface area contributed by atoms with Crippen molar-refractivity contribution in [3.8, 4) is 5.75 Å². The second-order valence-electron chi connectivity index (χ2n) is 8.64. The smallest absolute Gasteiger partial charge is 0.325 e. The number of aromatic amines is 2. The van der Waals surface area contributed by atoms with Crippen molar-refractivity contribution in [2.24, 2.45) is 0 Å². The van der Waals surface area contributed by atoms with Gasteiger partial charge in [0.2, 0.25) is 10.0 Å². The zero-order valence-electron chi connectivity index (χ0n) is 19.0. The molecule has 5 rings (SSSR count).